The van der Waals surface area contributed by atoms with E-state index >= 15 is 0 Å². The molecule has 22 heavy (non-hydrogen) atoms. The van der Waals surface area contributed by atoms with Crippen molar-refractivity contribution in [3.05, 3.63) is 67.3 Å². The second-order valence-corrected chi connectivity index (χ2v) is 4.92. The van der Waals surface area contributed by atoms with Crippen LogP contribution in [0.25, 0.3) is 11.1 Å². The molecule has 0 atom stereocenters. The first kappa shape index (κ1) is 16.3. The van der Waals surface area contributed by atoms with Crippen LogP contribution in [0, 0.1) is 0 Å². The summed E-state index contributed by atoms with van der Waals surface area (Å²) in [5.41, 5.74) is 2.28. The summed E-state index contributed by atoms with van der Waals surface area (Å²) in [5, 5.41) is 2.17. The van der Waals surface area contributed by atoms with Gasteiger partial charge in [-0.15, -0.1) is 0 Å². The average molecular weight is 298 g/mol. The molecule has 0 aliphatic heterocycles. The molecule has 0 aliphatic carbocycles. The van der Waals surface area contributed by atoms with Crippen molar-refractivity contribution in [2.45, 2.75) is 0 Å². The fourth-order valence-electron chi connectivity index (χ4n) is 2.16. The molecular formula is C19H24NO2+. The van der Waals surface area contributed by atoms with Gasteiger partial charge in [-0.2, -0.15) is 0 Å². The number of hydrogen-bond donors (Lipinski definition) is 1. The van der Waals surface area contributed by atoms with Crippen LogP contribution in [0.3, 0.4) is 0 Å². The van der Waals surface area contributed by atoms with Gasteiger partial charge in [0.25, 0.3) is 0 Å². The van der Waals surface area contributed by atoms with Crippen LogP contribution >= 0.6 is 0 Å². The molecule has 2 rings (SSSR count). The first-order valence-electron chi connectivity index (χ1n) is 7.69. The summed E-state index contributed by atoms with van der Waals surface area (Å²) in [7, 11) is 0. The minimum absolute atomic E-state index is 0.561. The predicted molar refractivity (Wildman–Crippen MR) is 90.0 cm³/mol. The molecule has 3 heteroatoms. The SMILES string of the molecule is C=CC[NH2+]CCOCCOc1ccccc1-c1ccccc1. The highest BCUT2D eigenvalue weighted by molar-refractivity contribution is 5.70. The summed E-state index contributed by atoms with van der Waals surface area (Å²) >= 11 is 0. The fourth-order valence-corrected chi connectivity index (χ4v) is 2.16. The van der Waals surface area contributed by atoms with E-state index in [4.69, 9.17) is 9.47 Å². The van der Waals surface area contributed by atoms with E-state index in [-0.39, 0.29) is 0 Å². The first-order chi connectivity index (χ1) is 10.9. The third-order valence-corrected chi connectivity index (χ3v) is 3.26. The van der Waals surface area contributed by atoms with Gasteiger partial charge in [0, 0.05) is 5.56 Å². The van der Waals surface area contributed by atoms with E-state index in [1.807, 2.05) is 42.5 Å². The van der Waals surface area contributed by atoms with Crippen LogP contribution in [0.4, 0.5) is 0 Å². The summed E-state index contributed by atoms with van der Waals surface area (Å²) in [6.45, 7) is 7.47. The summed E-state index contributed by atoms with van der Waals surface area (Å²) < 4.78 is 11.4. The molecule has 3 nitrogen and oxygen atoms in total. The van der Waals surface area contributed by atoms with E-state index in [0.29, 0.717) is 13.2 Å². The smallest absolute Gasteiger partial charge is 0.127 e. The van der Waals surface area contributed by atoms with Crippen molar-refractivity contribution in [2.24, 2.45) is 0 Å². The monoisotopic (exact) mass is 298 g/mol. The Labute approximate surface area is 132 Å². The van der Waals surface area contributed by atoms with E-state index in [0.717, 1.165) is 36.6 Å². The average Bonchev–Trinajstić information content (AvgIpc) is 2.58. The molecule has 0 aliphatic rings. The number of hydrogen-bond acceptors (Lipinski definition) is 2. The van der Waals surface area contributed by atoms with Crippen LogP contribution in [-0.4, -0.2) is 32.9 Å². The first-order valence-corrected chi connectivity index (χ1v) is 7.69. The van der Waals surface area contributed by atoms with Crippen LogP contribution in [-0.2, 0) is 4.74 Å². The second-order valence-electron chi connectivity index (χ2n) is 4.92. The Morgan fingerprint density at radius 2 is 1.68 bits per heavy atom. The maximum Gasteiger partial charge on any atom is 0.127 e. The van der Waals surface area contributed by atoms with Crippen LogP contribution in [0.5, 0.6) is 5.75 Å². The molecule has 2 aromatic carbocycles. The van der Waals surface area contributed by atoms with Gasteiger partial charge >= 0.3 is 0 Å². The molecule has 0 unspecified atom stereocenters. The summed E-state index contributed by atoms with van der Waals surface area (Å²) in [6, 6.07) is 18.4. The Morgan fingerprint density at radius 1 is 0.909 bits per heavy atom. The van der Waals surface area contributed by atoms with Gasteiger partial charge in [-0.1, -0.05) is 55.1 Å². The lowest BCUT2D eigenvalue weighted by Crippen LogP contribution is -2.84. The number of nitrogens with two attached hydrogens (primary N) is 1. The zero-order valence-electron chi connectivity index (χ0n) is 12.9. The van der Waals surface area contributed by atoms with Crippen molar-refractivity contribution < 1.29 is 14.8 Å². The summed E-state index contributed by atoms with van der Waals surface area (Å²) in [6.07, 6.45) is 1.89. The quantitative estimate of drug-likeness (QED) is 0.540. The van der Waals surface area contributed by atoms with E-state index in [2.05, 4.69) is 30.1 Å². The Balaban J connectivity index is 1.78. The Hall–Kier alpha value is -2.10. The third kappa shape index (κ3) is 5.35. The zero-order chi connectivity index (χ0) is 15.5. The zero-order valence-corrected chi connectivity index (χ0v) is 12.9. The van der Waals surface area contributed by atoms with Gasteiger partial charge in [0.05, 0.1) is 26.3 Å². The predicted octanol–water partition coefficient (Wildman–Crippen LogP) is 2.50. The highest BCUT2D eigenvalue weighted by Gasteiger charge is 2.04. The van der Waals surface area contributed by atoms with Gasteiger partial charge in [-0.3, -0.25) is 0 Å². The van der Waals surface area contributed by atoms with Gasteiger partial charge in [-0.05, 0) is 17.7 Å². The minimum Gasteiger partial charge on any atom is -0.491 e. The van der Waals surface area contributed by atoms with Crippen molar-refractivity contribution in [1.82, 2.24) is 0 Å². The fraction of sp³-hybridized carbons (Fsp3) is 0.263. The molecule has 2 N–H and O–H groups in total. The topological polar surface area (TPSA) is 35.1 Å². The lowest BCUT2D eigenvalue weighted by molar-refractivity contribution is -0.647. The van der Waals surface area contributed by atoms with Crippen molar-refractivity contribution in [3.63, 3.8) is 0 Å². The molecule has 0 saturated heterocycles. The van der Waals surface area contributed by atoms with Crippen LogP contribution in [0.1, 0.15) is 0 Å². The Morgan fingerprint density at radius 3 is 2.50 bits per heavy atom. The molecule has 0 spiro atoms. The molecule has 2 aromatic rings. The molecule has 0 heterocycles. The lowest BCUT2D eigenvalue weighted by atomic mass is 10.1. The van der Waals surface area contributed by atoms with Crippen molar-refractivity contribution in [2.75, 3.05) is 32.9 Å². The maximum absolute atomic E-state index is 5.87. The molecule has 0 fully saturated rings. The van der Waals surface area contributed by atoms with Crippen molar-refractivity contribution in [3.8, 4) is 16.9 Å². The Kier molecular flexibility index (Phi) is 7.22. The Bertz CT molecular complexity index is 554. The molecule has 0 aromatic heterocycles. The van der Waals surface area contributed by atoms with Gasteiger partial charge in [0.15, 0.2) is 0 Å². The molecule has 0 radical (unpaired) electrons. The number of ether oxygens (including phenoxy) is 2. The van der Waals surface area contributed by atoms with Gasteiger partial charge in [0.1, 0.15) is 12.4 Å². The van der Waals surface area contributed by atoms with Crippen LogP contribution in [0.15, 0.2) is 67.3 Å². The van der Waals surface area contributed by atoms with E-state index in [1.165, 1.54) is 0 Å². The molecular weight excluding hydrogens is 274 g/mol. The molecule has 0 saturated carbocycles. The third-order valence-electron chi connectivity index (χ3n) is 3.26. The van der Waals surface area contributed by atoms with Gasteiger partial charge in [-0.25, -0.2) is 0 Å². The van der Waals surface area contributed by atoms with E-state index < -0.39 is 0 Å². The number of rotatable bonds is 10. The summed E-state index contributed by atoms with van der Waals surface area (Å²) in [4.78, 5) is 0. The standard InChI is InChI=1S/C19H23NO2/c1-2-12-20-13-14-21-15-16-22-19-11-7-6-10-18(19)17-8-4-3-5-9-17/h2-11,20H,1,12-16H2/p+1. The highest BCUT2D eigenvalue weighted by atomic mass is 16.5. The number of quaternary nitrogens is 1. The number of para-hydroxylation sites is 1. The summed E-state index contributed by atoms with van der Waals surface area (Å²) in [5.74, 6) is 0.899. The molecule has 0 bridgehead atoms. The van der Waals surface area contributed by atoms with Crippen LogP contribution < -0.4 is 10.1 Å². The minimum atomic E-state index is 0.561. The lowest BCUT2D eigenvalue weighted by Gasteiger charge is -2.11. The number of benzene rings is 2. The normalized spacial score (nSPS) is 10.4. The van der Waals surface area contributed by atoms with Crippen molar-refractivity contribution in [1.29, 1.82) is 0 Å². The van der Waals surface area contributed by atoms with E-state index in [9.17, 15) is 0 Å². The largest absolute Gasteiger partial charge is 0.491 e. The highest BCUT2D eigenvalue weighted by Crippen LogP contribution is 2.29. The second kappa shape index (κ2) is 9.77. The van der Waals surface area contributed by atoms with Crippen molar-refractivity contribution >= 4 is 0 Å². The maximum atomic E-state index is 5.87. The van der Waals surface area contributed by atoms with Gasteiger partial charge < -0.3 is 14.8 Å². The molecule has 0 amide bonds. The molecule has 116 valence electrons. The van der Waals surface area contributed by atoms with Crippen LogP contribution in [0.2, 0.25) is 0 Å². The van der Waals surface area contributed by atoms with Gasteiger partial charge in [0.2, 0.25) is 0 Å². The van der Waals surface area contributed by atoms with E-state index in [1.54, 1.807) is 0 Å².